The van der Waals surface area contributed by atoms with Gasteiger partial charge in [-0.3, -0.25) is 4.79 Å². The number of nitrogens with zero attached hydrogens (tertiary/aromatic N) is 2. The second kappa shape index (κ2) is 4.04. The summed E-state index contributed by atoms with van der Waals surface area (Å²) in [4.78, 5) is 14.8. The van der Waals surface area contributed by atoms with E-state index in [1.165, 1.54) is 12.1 Å². The van der Waals surface area contributed by atoms with Crippen molar-refractivity contribution in [3.8, 4) is 0 Å². The Kier molecular flexibility index (Phi) is 2.75. The summed E-state index contributed by atoms with van der Waals surface area (Å²) in [5, 5.41) is 8.62. The number of aryl methyl sites for hydroxylation is 1. The zero-order valence-corrected chi connectivity index (χ0v) is 8.94. The fourth-order valence-electron chi connectivity index (χ4n) is 2.14. The molecule has 0 spiro atoms. The number of aromatic nitrogens is 2. The van der Waals surface area contributed by atoms with Gasteiger partial charge in [-0.05, 0) is 18.8 Å². The number of fused-ring (bicyclic) bond motifs is 1. The van der Waals surface area contributed by atoms with E-state index in [4.69, 9.17) is 5.11 Å². The van der Waals surface area contributed by atoms with Crippen molar-refractivity contribution < 1.29 is 9.90 Å². The molecule has 1 N–H and O–H groups in total. The van der Waals surface area contributed by atoms with Crippen molar-refractivity contribution >= 4 is 5.97 Å². The highest BCUT2D eigenvalue weighted by atomic mass is 16.4. The molecule has 1 aromatic heterocycles. The van der Waals surface area contributed by atoms with Crippen LogP contribution in [0, 0.1) is 5.92 Å². The van der Waals surface area contributed by atoms with Gasteiger partial charge >= 0.3 is 5.97 Å². The van der Waals surface area contributed by atoms with Crippen molar-refractivity contribution in [1.82, 2.24) is 9.55 Å². The first kappa shape index (κ1) is 10.2. The van der Waals surface area contributed by atoms with Crippen LogP contribution in [0.1, 0.15) is 31.2 Å². The zero-order valence-electron chi connectivity index (χ0n) is 8.94. The minimum absolute atomic E-state index is 0.180. The van der Waals surface area contributed by atoms with Crippen LogP contribution in [0.25, 0.3) is 0 Å². The number of aliphatic carboxylic acids is 1. The molecule has 2 heterocycles. The molecule has 0 aliphatic carbocycles. The Labute approximate surface area is 88.9 Å². The first-order chi connectivity index (χ1) is 7.16. The zero-order chi connectivity index (χ0) is 10.8. The largest absolute Gasteiger partial charge is 0.481 e. The van der Waals surface area contributed by atoms with E-state index in [9.17, 15) is 4.79 Å². The number of imidazole rings is 1. The van der Waals surface area contributed by atoms with Gasteiger partial charge in [0.25, 0.3) is 0 Å². The topological polar surface area (TPSA) is 55.1 Å². The molecule has 2 rings (SSSR count). The van der Waals surface area contributed by atoms with Gasteiger partial charge in [-0.25, -0.2) is 4.98 Å². The Morgan fingerprint density at radius 2 is 2.53 bits per heavy atom. The van der Waals surface area contributed by atoms with E-state index in [0.29, 0.717) is 12.3 Å². The molecule has 4 nitrogen and oxygen atoms in total. The van der Waals surface area contributed by atoms with E-state index in [0.717, 1.165) is 18.7 Å². The summed E-state index contributed by atoms with van der Waals surface area (Å²) < 4.78 is 2.17. The number of carboxylic acid groups (broad SMARTS) is 1. The third kappa shape index (κ3) is 2.19. The summed E-state index contributed by atoms with van der Waals surface area (Å²) in [7, 11) is 0. The van der Waals surface area contributed by atoms with Crippen LogP contribution in [0.5, 0.6) is 0 Å². The van der Waals surface area contributed by atoms with E-state index < -0.39 is 5.97 Å². The number of hydrogen-bond acceptors (Lipinski definition) is 2. The fraction of sp³-hybridized carbons (Fsp3) is 0.636. The van der Waals surface area contributed by atoms with E-state index in [1.54, 1.807) is 0 Å². The van der Waals surface area contributed by atoms with Gasteiger partial charge in [-0.1, -0.05) is 6.92 Å². The van der Waals surface area contributed by atoms with Crippen LogP contribution in [0.4, 0.5) is 0 Å². The summed E-state index contributed by atoms with van der Waals surface area (Å²) in [6.07, 6.45) is 4.82. The van der Waals surface area contributed by atoms with Crippen molar-refractivity contribution in [2.45, 2.75) is 39.2 Å². The summed E-state index contributed by atoms with van der Waals surface area (Å²) >= 11 is 0. The molecule has 1 aromatic rings. The van der Waals surface area contributed by atoms with Crippen LogP contribution in [0.2, 0.25) is 0 Å². The number of carbonyl (C=O) groups is 1. The molecule has 82 valence electrons. The van der Waals surface area contributed by atoms with Crippen LogP contribution < -0.4 is 0 Å². The molecule has 4 heteroatoms. The molecular formula is C11H16N2O2. The fourth-order valence-corrected chi connectivity index (χ4v) is 2.14. The Balaban J connectivity index is 2.10. The minimum Gasteiger partial charge on any atom is -0.481 e. The lowest BCUT2D eigenvalue weighted by Gasteiger charge is -2.21. The Hall–Kier alpha value is -1.32. The van der Waals surface area contributed by atoms with E-state index in [2.05, 4.69) is 16.5 Å². The molecule has 1 aliphatic heterocycles. The van der Waals surface area contributed by atoms with Crippen LogP contribution in [-0.4, -0.2) is 20.6 Å². The third-order valence-electron chi connectivity index (χ3n) is 2.99. The van der Waals surface area contributed by atoms with Crippen molar-refractivity contribution in [2.24, 2.45) is 5.92 Å². The second-order valence-corrected chi connectivity index (χ2v) is 4.33. The standard InChI is InChI=1S/C11H16N2O2/c1-8-2-4-10-9(3-5-11(14)15)12-7-13(10)6-8/h7-8H,2-6H2,1H3,(H,14,15). The number of hydrogen-bond donors (Lipinski definition) is 1. The Bertz CT molecular complexity index is 371. The van der Waals surface area contributed by atoms with Crippen LogP contribution in [-0.2, 0) is 24.2 Å². The lowest BCUT2D eigenvalue weighted by atomic mass is 9.98. The molecule has 0 radical (unpaired) electrons. The molecule has 0 aromatic carbocycles. The summed E-state index contributed by atoms with van der Waals surface area (Å²) in [6, 6.07) is 0. The van der Waals surface area contributed by atoms with Gasteiger partial charge in [0.15, 0.2) is 0 Å². The monoisotopic (exact) mass is 208 g/mol. The first-order valence-corrected chi connectivity index (χ1v) is 5.41. The number of carboxylic acids is 1. The van der Waals surface area contributed by atoms with Gasteiger partial charge < -0.3 is 9.67 Å². The van der Waals surface area contributed by atoms with E-state index in [-0.39, 0.29) is 6.42 Å². The van der Waals surface area contributed by atoms with Gasteiger partial charge in [0.2, 0.25) is 0 Å². The number of rotatable bonds is 3. The van der Waals surface area contributed by atoms with Gasteiger partial charge in [-0.15, -0.1) is 0 Å². The van der Waals surface area contributed by atoms with Gasteiger partial charge in [-0.2, -0.15) is 0 Å². The molecule has 1 aliphatic rings. The maximum absolute atomic E-state index is 10.5. The highest BCUT2D eigenvalue weighted by Crippen LogP contribution is 2.22. The quantitative estimate of drug-likeness (QED) is 0.818. The van der Waals surface area contributed by atoms with Crippen molar-refractivity contribution in [2.75, 3.05) is 0 Å². The van der Waals surface area contributed by atoms with Crippen molar-refractivity contribution in [3.05, 3.63) is 17.7 Å². The highest BCUT2D eigenvalue weighted by Gasteiger charge is 2.18. The van der Waals surface area contributed by atoms with Crippen molar-refractivity contribution in [1.29, 1.82) is 0 Å². The van der Waals surface area contributed by atoms with Gasteiger partial charge in [0.1, 0.15) is 0 Å². The molecule has 0 fully saturated rings. The SMILES string of the molecule is CC1CCc2c(CCC(=O)O)ncn2C1. The van der Waals surface area contributed by atoms with E-state index >= 15 is 0 Å². The smallest absolute Gasteiger partial charge is 0.303 e. The minimum atomic E-state index is -0.749. The lowest BCUT2D eigenvalue weighted by Crippen LogP contribution is -2.17. The molecule has 0 bridgehead atoms. The maximum atomic E-state index is 10.5. The molecule has 15 heavy (non-hydrogen) atoms. The summed E-state index contributed by atoms with van der Waals surface area (Å²) in [5.74, 6) is -0.0417. The molecule has 0 saturated carbocycles. The van der Waals surface area contributed by atoms with Crippen LogP contribution in [0.15, 0.2) is 6.33 Å². The predicted octanol–water partition coefficient (Wildman–Crippen LogP) is 1.48. The third-order valence-corrected chi connectivity index (χ3v) is 2.99. The predicted molar refractivity (Wildman–Crippen MR) is 55.7 cm³/mol. The Morgan fingerprint density at radius 3 is 3.27 bits per heavy atom. The average molecular weight is 208 g/mol. The molecule has 0 amide bonds. The molecule has 1 unspecified atom stereocenters. The highest BCUT2D eigenvalue weighted by molar-refractivity contribution is 5.67. The Morgan fingerprint density at radius 1 is 1.73 bits per heavy atom. The van der Waals surface area contributed by atoms with E-state index in [1.807, 2.05) is 6.33 Å². The lowest BCUT2D eigenvalue weighted by molar-refractivity contribution is -0.136. The average Bonchev–Trinajstić information content (AvgIpc) is 2.57. The first-order valence-electron chi connectivity index (χ1n) is 5.41. The summed E-state index contributed by atoms with van der Waals surface area (Å²) in [5.41, 5.74) is 2.22. The molecule has 1 atom stereocenters. The van der Waals surface area contributed by atoms with Crippen LogP contribution >= 0.6 is 0 Å². The second-order valence-electron chi connectivity index (χ2n) is 4.33. The maximum Gasteiger partial charge on any atom is 0.303 e. The normalized spacial score (nSPS) is 19.9. The van der Waals surface area contributed by atoms with Gasteiger partial charge in [0.05, 0.1) is 18.4 Å². The van der Waals surface area contributed by atoms with Crippen LogP contribution in [0.3, 0.4) is 0 Å². The van der Waals surface area contributed by atoms with Gasteiger partial charge in [0, 0.05) is 18.7 Å². The summed E-state index contributed by atoms with van der Waals surface area (Å²) in [6.45, 7) is 3.26. The molecule has 0 saturated heterocycles. The van der Waals surface area contributed by atoms with Crippen molar-refractivity contribution in [3.63, 3.8) is 0 Å². The molecular weight excluding hydrogens is 192 g/mol.